The molecule has 0 aromatic heterocycles. The Morgan fingerprint density at radius 2 is 1.90 bits per heavy atom. The zero-order chi connectivity index (χ0) is 13.9. The van der Waals surface area contributed by atoms with Crippen molar-refractivity contribution in [3.8, 4) is 0 Å². The molecule has 0 spiro atoms. The van der Waals surface area contributed by atoms with Crippen molar-refractivity contribution in [3.63, 3.8) is 0 Å². The van der Waals surface area contributed by atoms with Gasteiger partial charge in [-0.25, -0.2) is 0 Å². The van der Waals surface area contributed by atoms with Crippen LogP contribution in [0.25, 0.3) is 0 Å². The molecule has 1 aromatic rings. The van der Waals surface area contributed by atoms with Gasteiger partial charge in [0.15, 0.2) is 0 Å². The normalized spacial score (nSPS) is 25.6. The van der Waals surface area contributed by atoms with E-state index in [1.54, 1.807) is 0 Å². The predicted octanol–water partition coefficient (Wildman–Crippen LogP) is 0.796. The number of nitrogens with one attached hydrogen (secondary N) is 1. The number of likely N-dealkylation sites (tertiary alicyclic amines) is 1. The summed E-state index contributed by atoms with van der Waals surface area (Å²) in [5.41, 5.74) is 1.19. The first-order valence-electron chi connectivity index (χ1n) is 7.43. The molecular formula is C16H23N3O. The third-order valence-electron chi connectivity index (χ3n) is 4.51. The van der Waals surface area contributed by atoms with Crippen LogP contribution in [-0.4, -0.2) is 55.5 Å². The first kappa shape index (κ1) is 13.6. The summed E-state index contributed by atoms with van der Waals surface area (Å²) in [6.45, 7) is 5.65. The third kappa shape index (κ3) is 3.02. The van der Waals surface area contributed by atoms with E-state index in [1.165, 1.54) is 5.56 Å². The van der Waals surface area contributed by atoms with E-state index in [-0.39, 0.29) is 5.91 Å². The summed E-state index contributed by atoms with van der Waals surface area (Å²) in [6.07, 6.45) is 0. The molecule has 1 aromatic carbocycles. The Kier molecular flexibility index (Phi) is 4.03. The molecule has 4 heteroatoms. The highest BCUT2D eigenvalue weighted by Gasteiger charge is 2.36. The maximum Gasteiger partial charge on any atom is 0.236 e. The summed E-state index contributed by atoms with van der Waals surface area (Å²) in [7, 11) is 1.90. The van der Waals surface area contributed by atoms with Crippen molar-refractivity contribution in [1.29, 1.82) is 0 Å². The van der Waals surface area contributed by atoms with Gasteiger partial charge >= 0.3 is 0 Å². The molecule has 2 fully saturated rings. The molecule has 108 valence electrons. The van der Waals surface area contributed by atoms with Crippen LogP contribution in [0, 0.1) is 11.8 Å². The number of carbonyl (C=O) groups is 1. The van der Waals surface area contributed by atoms with Gasteiger partial charge in [0, 0.05) is 26.7 Å². The maximum absolute atomic E-state index is 12.3. The molecule has 2 heterocycles. The fraction of sp³-hybridized carbons (Fsp3) is 0.562. The van der Waals surface area contributed by atoms with Gasteiger partial charge in [-0.15, -0.1) is 0 Å². The Hall–Kier alpha value is -1.39. The van der Waals surface area contributed by atoms with Crippen molar-refractivity contribution in [2.24, 2.45) is 11.8 Å². The summed E-state index contributed by atoms with van der Waals surface area (Å²) < 4.78 is 0. The minimum absolute atomic E-state index is 0.224. The quantitative estimate of drug-likeness (QED) is 0.881. The Morgan fingerprint density at radius 3 is 2.55 bits per heavy atom. The lowest BCUT2D eigenvalue weighted by molar-refractivity contribution is -0.131. The SMILES string of the molecule is CN(Cc1ccccc1)C(=O)CN1CC2CNCC2C1. The minimum atomic E-state index is 0.224. The standard InChI is InChI=1S/C16H23N3O/c1-18(9-13-5-3-2-4-6-13)16(20)12-19-10-14-7-17-8-15(14)11-19/h2-6,14-15,17H,7-12H2,1H3. The number of hydrogen-bond acceptors (Lipinski definition) is 3. The molecular weight excluding hydrogens is 250 g/mol. The van der Waals surface area contributed by atoms with E-state index in [0.717, 1.165) is 38.0 Å². The molecule has 0 radical (unpaired) electrons. The van der Waals surface area contributed by atoms with Crippen LogP contribution in [0.2, 0.25) is 0 Å². The molecule has 0 aliphatic carbocycles. The second-order valence-electron chi connectivity index (χ2n) is 6.11. The number of amides is 1. The summed E-state index contributed by atoms with van der Waals surface area (Å²) in [4.78, 5) is 16.4. The first-order valence-corrected chi connectivity index (χ1v) is 7.43. The number of fused-ring (bicyclic) bond motifs is 1. The van der Waals surface area contributed by atoms with Crippen molar-refractivity contribution < 1.29 is 4.79 Å². The van der Waals surface area contributed by atoms with Crippen molar-refractivity contribution in [2.75, 3.05) is 39.8 Å². The van der Waals surface area contributed by atoms with Crippen molar-refractivity contribution in [1.82, 2.24) is 15.1 Å². The number of hydrogen-bond donors (Lipinski definition) is 1. The minimum Gasteiger partial charge on any atom is -0.340 e. The fourth-order valence-corrected chi connectivity index (χ4v) is 3.34. The number of benzene rings is 1. The van der Waals surface area contributed by atoms with Gasteiger partial charge in [-0.05, 0) is 30.5 Å². The second kappa shape index (κ2) is 5.94. The van der Waals surface area contributed by atoms with Gasteiger partial charge in [-0.3, -0.25) is 9.69 Å². The lowest BCUT2D eigenvalue weighted by Crippen LogP contribution is -2.38. The van der Waals surface area contributed by atoms with Gasteiger partial charge in [0.05, 0.1) is 6.54 Å². The van der Waals surface area contributed by atoms with E-state index in [2.05, 4.69) is 22.3 Å². The van der Waals surface area contributed by atoms with Crippen LogP contribution in [0.4, 0.5) is 0 Å². The van der Waals surface area contributed by atoms with Gasteiger partial charge < -0.3 is 10.2 Å². The number of nitrogens with zero attached hydrogens (tertiary/aromatic N) is 2. The molecule has 2 aliphatic heterocycles. The number of likely N-dealkylation sites (N-methyl/N-ethyl adjacent to an activating group) is 1. The third-order valence-corrected chi connectivity index (χ3v) is 4.51. The maximum atomic E-state index is 12.3. The van der Waals surface area contributed by atoms with E-state index in [9.17, 15) is 4.79 Å². The fourth-order valence-electron chi connectivity index (χ4n) is 3.34. The topological polar surface area (TPSA) is 35.6 Å². The Morgan fingerprint density at radius 1 is 1.25 bits per heavy atom. The van der Waals surface area contributed by atoms with Gasteiger partial charge in [-0.2, -0.15) is 0 Å². The van der Waals surface area contributed by atoms with Crippen molar-refractivity contribution in [2.45, 2.75) is 6.54 Å². The van der Waals surface area contributed by atoms with Crippen LogP contribution in [0.1, 0.15) is 5.56 Å². The number of carbonyl (C=O) groups excluding carboxylic acids is 1. The smallest absolute Gasteiger partial charge is 0.236 e. The average Bonchev–Trinajstić information content (AvgIpc) is 3.00. The number of rotatable bonds is 4. The molecule has 0 bridgehead atoms. The molecule has 1 N–H and O–H groups in total. The van der Waals surface area contributed by atoms with Crippen LogP contribution < -0.4 is 5.32 Å². The van der Waals surface area contributed by atoms with Crippen LogP contribution in [-0.2, 0) is 11.3 Å². The summed E-state index contributed by atoms with van der Waals surface area (Å²) in [5.74, 6) is 1.73. The summed E-state index contributed by atoms with van der Waals surface area (Å²) >= 11 is 0. The van der Waals surface area contributed by atoms with E-state index >= 15 is 0 Å². The zero-order valence-corrected chi connectivity index (χ0v) is 12.1. The van der Waals surface area contributed by atoms with E-state index in [1.807, 2.05) is 30.1 Å². The lowest BCUT2D eigenvalue weighted by Gasteiger charge is -2.22. The van der Waals surface area contributed by atoms with Crippen LogP contribution in [0.3, 0.4) is 0 Å². The van der Waals surface area contributed by atoms with Gasteiger partial charge in [0.2, 0.25) is 5.91 Å². The molecule has 2 atom stereocenters. The van der Waals surface area contributed by atoms with E-state index in [4.69, 9.17) is 0 Å². The van der Waals surface area contributed by atoms with Gasteiger partial charge in [0.25, 0.3) is 0 Å². The largest absolute Gasteiger partial charge is 0.340 e. The molecule has 2 saturated heterocycles. The molecule has 3 rings (SSSR count). The highest BCUT2D eigenvalue weighted by Crippen LogP contribution is 2.25. The first-order chi connectivity index (χ1) is 9.72. The van der Waals surface area contributed by atoms with Crippen molar-refractivity contribution in [3.05, 3.63) is 35.9 Å². The highest BCUT2D eigenvalue weighted by atomic mass is 16.2. The molecule has 4 nitrogen and oxygen atoms in total. The molecule has 2 aliphatic rings. The van der Waals surface area contributed by atoms with Gasteiger partial charge in [-0.1, -0.05) is 30.3 Å². The summed E-state index contributed by atoms with van der Waals surface area (Å²) in [6, 6.07) is 10.2. The summed E-state index contributed by atoms with van der Waals surface area (Å²) in [5, 5.41) is 3.43. The predicted molar refractivity (Wildman–Crippen MR) is 79.2 cm³/mol. The Labute approximate surface area is 120 Å². The monoisotopic (exact) mass is 273 g/mol. The molecule has 0 saturated carbocycles. The van der Waals surface area contributed by atoms with Crippen LogP contribution in [0.15, 0.2) is 30.3 Å². The Balaban J connectivity index is 1.49. The van der Waals surface area contributed by atoms with Crippen molar-refractivity contribution >= 4 is 5.91 Å². The molecule has 2 unspecified atom stereocenters. The van der Waals surface area contributed by atoms with Crippen LogP contribution >= 0.6 is 0 Å². The highest BCUT2D eigenvalue weighted by molar-refractivity contribution is 5.78. The average molecular weight is 273 g/mol. The van der Waals surface area contributed by atoms with Gasteiger partial charge in [0.1, 0.15) is 0 Å². The zero-order valence-electron chi connectivity index (χ0n) is 12.1. The van der Waals surface area contributed by atoms with E-state index in [0.29, 0.717) is 13.1 Å². The van der Waals surface area contributed by atoms with E-state index < -0.39 is 0 Å². The second-order valence-corrected chi connectivity index (χ2v) is 6.11. The molecule has 20 heavy (non-hydrogen) atoms. The lowest BCUT2D eigenvalue weighted by atomic mass is 10.0. The Bertz CT molecular complexity index is 450. The van der Waals surface area contributed by atoms with Crippen LogP contribution in [0.5, 0.6) is 0 Å². The molecule has 1 amide bonds.